The Kier molecular flexibility index (Phi) is 4.32. The summed E-state index contributed by atoms with van der Waals surface area (Å²) in [5, 5.41) is 0. The minimum Gasteiger partial charge on any atom is -0.350 e. The first-order valence-electron chi connectivity index (χ1n) is 3.42. The number of hydrogen-bond donors (Lipinski definition) is 0. The van der Waals surface area contributed by atoms with Crippen LogP contribution in [0.25, 0.3) is 0 Å². The lowest BCUT2D eigenvalue weighted by Gasteiger charge is -2.04. The van der Waals surface area contributed by atoms with Gasteiger partial charge in [-0.2, -0.15) is 0 Å². The van der Waals surface area contributed by atoms with Gasteiger partial charge in [-0.15, -0.1) is 0 Å². The minimum absolute atomic E-state index is 0.0626. The fourth-order valence-corrected chi connectivity index (χ4v) is 1.23. The van der Waals surface area contributed by atoms with Crippen molar-refractivity contribution in [3.63, 3.8) is 0 Å². The molecule has 0 aliphatic carbocycles. The maximum Gasteiger partial charge on any atom is 0.158 e. The van der Waals surface area contributed by atoms with Gasteiger partial charge in [0, 0.05) is 6.42 Å². The molecule has 0 atom stereocenters. The van der Waals surface area contributed by atoms with E-state index in [2.05, 4.69) is 28.7 Å². The maximum absolute atomic E-state index is 5.24. The van der Waals surface area contributed by atoms with Crippen LogP contribution in [0.4, 0.5) is 0 Å². The second kappa shape index (κ2) is 5.09. The highest BCUT2D eigenvalue weighted by Crippen LogP contribution is 2.10. The number of hydrogen-bond acceptors (Lipinski definition) is 2. The SMILES string of the molecule is I/C=C\CCC1OCCO1. The summed E-state index contributed by atoms with van der Waals surface area (Å²) in [5.74, 6) is 0. The third kappa shape index (κ3) is 2.98. The van der Waals surface area contributed by atoms with E-state index in [4.69, 9.17) is 9.47 Å². The molecule has 0 radical (unpaired) electrons. The molecule has 2 nitrogen and oxygen atoms in total. The molecule has 0 bridgehead atoms. The van der Waals surface area contributed by atoms with Crippen molar-refractivity contribution in [3.05, 3.63) is 10.2 Å². The van der Waals surface area contributed by atoms with Crippen LogP contribution in [-0.4, -0.2) is 19.5 Å². The predicted octanol–water partition coefficient (Wildman–Crippen LogP) is 2.09. The lowest BCUT2D eigenvalue weighted by atomic mass is 10.3. The predicted molar refractivity (Wildman–Crippen MR) is 48.1 cm³/mol. The molecule has 1 aliphatic rings. The molecule has 0 saturated carbocycles. The van der Waals surface area contributed by atoms with E-state index < -0.39 is 0 Å². The fourth-order valence-electron chi connectivity index (χ4n) is 0.869. The number of ether oxygens (including phenoxy) is 2. The molecule has 1 rings (SSSR count). The van der Waals surface area contributed by atoms with Gasteiger partial charge in [0.15, 0.2) is 6.29 Å². The Morgan fingerprint density at radius 1 is 1.40 bits per heavy atom. The van der Waals surface area contributed by atoms with Crippen LogP contribution in [-0.2, 0) is 9.47 Å². The van der Waals surface area contributed by atoms with Crippen molar-refractivity contribution >= 4 is 22.6 Å². The monoisotopic (exact) mass is 254 g/mol. The van der Waals surface area contributed by atoms with E-state index in [9.17, 15) is 0 Å². The van der Waals surface area contributed by atoms with Crippen molar-refractivity contribution in [1.29, 1.82) is 0 Å². The molecule has 0 unspecified atom stereocenters. The molecule has 1 heterocycles. The summed E-state index contributed by atoms with van der Waals surface area (Å²) in [7, 11) is 0. The van der Waals surface area contributed by atoms with Crippen LogP contribution in [0.1, 0.15) is 12.8 Å². The summed E-state index contributed by atoms with van der Waals surface area (Å²) < 4.78 is 12.5. The van der Waals surface area contributed by atoms with Crippen molar-refractivity contribution in [1.82, 2.24) is 0 Å². The summed E-state index contributed by atoms with van der Waals surface area (Å²) >= 11 is 2.21. The molecule has 0 aromatic carbocycles. The van der Waals surface area contributed by atoms with Gasteiger partial charge >= 0.3 is 0 Å². The van der Waals surface area contributed by atoms with Crippen LogP contribution in [0.3, 0.4) is 0 Å². The molecule has 0 amide bonds. The van der Waals surface area contributed by atoms with E-state index in [1.807, 2.05) is 4.08 Å². The van der Waals surface area contributed by atoms with E-state index in [0.717, 1.165) is 26.1 Å². The summed E-state index contributed by atoms with van der Waals surface area (Å²) in [5.41, 5.74) is 0. The van der Waals surface area contributed by atoms with Gasteiger partial charge in [0.25, 0.3) is 0 Å². The minimum atomic E-state index is 0.0626. The third-order valence-electron chi connectivity index (χ3n) is 1.35. The summed E-state index contributed by atoms with van der Waals surface area (Å²) in [4.78, 5) is 0. The van der Waals surface area contributed by atoms with Crippen LogP contribution in [0.2, 0.25) is 0 Å². The Morgan fingerprint density at radius 2 is 2.10 bits per heavy atom. The van der Waals surface area contributed by atoms with Gasteiger partial charge in [0.05, 0.1) is 13.2 Å². The van der Waals surface area contributed by atoms with Crippen molar-refractivity contribution in [3.8, 4) is 0 Å². The highest BCUT2D eigenvalue weighted by molar-refractivity contribution is 14.1. The number of rotatable bonds is 3. The van der Waals surface area contributed by atoms with Gasteiger partial charge < -0.3 is 9.47 Å². The summed E-state index contributed by atoms with van der Waals surface area (Å²) in [6, 6.07) is 0. The van der Waals surface area contributed by atoms with Gasteiger partial charge in [0.1, 0.15) is 0 Å². The number of halogens is 1. The van der Waals surface area contributed by atoms with E-state index in [1.165, 1.54) is 0 Å². The highest BCUT2D eigenvalue weighted by Gasteiger charge is 2.13. The standard InChI is InChI=1S/C7H11IO2/c8-4-2-1-3-7-9-5-6-10-7/h2,4,7H,1,3,5-6H2/b4-2-. The molecule has 0 N–H and O–H groups in total. The summed E-state index contributed by atoms with van der Waals surface area (Å²) in [6.07, 6.45) is 4.21. The zero-order chi connectivity index (χ0) is 7.23. The van der Waals surface area contributed by atoms with Crippen molar-refractivity contribution in [2.24, 2.45) is 0 Å². The van der Waals surface area contributed by atoms with Crippen LogP contribution >= 0.6 is 22.6 Å². The van der Waals surface area contributed by atoms with Crippen molar-refractivity contribution in [2.75, 3.05) is 13.2 Å². The van der Waals surface area contributed by atoms with Crippen molar-refractivity contribution < 1.29 is 9.47 Å². The molecule has 1 aliphatic heterocycles. The van der Waals surface area contributed by atoms with E-state index in [0.29, 0.717) is 0 Å². The normalized spacial score (nSPS) is 20.9. The molecule has 1 fully saturated rings. The van der Waals surface area contributed by atoms with Crippen LogP contribution < -0.4 is 0 Å². The van der Waals surface area contributed by atoms with Gasteiger partial charge in [-0.25, -0.2) is 0 Å². The lowest BCUT2D eigenvalue weighted by molar-refractivity contribution is -0.0457. The molecule has 0 aromatic rings. The van der Waals surface area contributed by atoms with Gasteiger partial charge in [-0.05, 0) is 10.5 Å². The first-order chi connectivity index (χ1) is 4.93. The zero-order valence-electron chi connectivity index (χ0n) is 5.75. The van der Waals surface area contributed by atoms with Gasteiger partial charge in [-0.3, -0.25) is 0 Å². The van der Waals surface area contributed by atoms with Crippen molar-refractivity contribution in [2.45, 2.75) is 19.1 Å². The molecule has 0 spiro atoms. The van der Waals surface area contributed by atoms with Crippen LogP contribution in [0.5, 0.6) is 0 Å². The molecule has 3 heteroatoms. The Bertz CT molecular complexity index is 108. The Balaban J connectivity index is 2.01. The lowest BCUT2D eigenvalue weighted by Crippen LogP contribution is -2.05. The van der Waals surface area contributed by atoms with Crippen LogP contribution in [0, 0.1) is 0 Å². The first-order valence-corrected chi connectivity index (χ1v) is 4.66. The van der Waals surface area contributed by atoms with E-state index in [-0.39, 0.29) is 6.29 Å². The third-order valence-corrected chi connectivity index (χ3v) is 1.86. The quantitative estimate of drug-likeness (QED) is 0.718. The zero-order valence-corrected chi connectivity index (χ0v) is 7.91. The largest absolute Gasteiger partial charge is 0.350 e. The smallest absolute Gasteiger partial charge is 0.158 e. The Morgan fingerprint density at radius 3 is 2.70 bits per heavy atom. The van der Waals surface area contributed by atoms with E-state index >= 15 is 0 Å². The van der Waals surface area contributed by atoms with E-state index in [1.54, 1.807) is 0 Å². The Hall–Kier alpha value is 0.390. The van der Waals surface area contributed by atoms with Gasteiger partial charge in [0.2, 0.25) is 0 Å². The van der Waals surface area contributed by atoms with Gasteiger partial charge in [-0.1, -0.05) is 28.7 Å². The number of allylic oxidation sites excluding steroid dienone is 1. The fraction of sp³-hybridized carbons (Fsp3) is 0.714. The average Bonchev–Trinajstić information content (AvgIpc) is 2.41. The molecule has 10 heavy (non-hydrogen) atoms. The molecular weight excluding hydrogens is 243 g/mol. The summed E-state index contributed by atoms with van der Waals surface area (Å²) in [6.45, 7) is 1.53. The highest BCUT2D eigenvalue weighted by atomic mass is 127. The second-order valence-electron chi connectivity index (χ2n) is 2.11. The average molecular weight is 254 g/mol. The Labute approximate surface area is 74.7 Å². The molecular formula is C7H11IO2. The molecule has 0 aromatic heterocycles. The first kappa shape index (κ1) is 8.49. The molecule has 1 saturated heterocycles. The maximum atomic E-state index is 5.24. The topological polar surface area (TPSA) is 18.5 Å². The second-order valence-corrected chi connectivity index (χ2v) is 2.83. The van der Waals surface area contributed by atoms with Crippen LogP contribution in [0.15, 0.2) is 10.2 Å². The molecule has 58 valence electrons.